The van der Waals surface area contributed by atoms with Crippen LogP contribution in [0.1, 0.15) is 37.5 Å². The van der Waals surface area contributed by atoms with Crippen LogP contribution in [0, 0.1) is 31.4 Å². The van der Waals surface area contributed by atoms with E-state index < -0.39 is 0 Å². The number of fused-ring (bicyclic) bond motifs is 5. The van der Waals surface area contributed by atoms with Crippen molar-refractivity contribution in [3.05, 3.63) is 119 Å². The van der Waals surface area contributed by atoms with Crippen molar-refractivity contribution in [1.29, 1.82) is 0 Å². The number of furan rings is 1. The molecular weight excluding hydrogens is 713 g/mol. The monoisotopic (exact) mass is 745 g/mol. The summed E-state index contributed by atoms with van der Waals surface area (Å²) >= 11 is 1.74. The summed E-state index contributed by atoms with van der Waals surface area (Å²) in [5.41, 5.74) is 9.63. The van der Waals surface area contributed by atoms with Gasteiger partial charge >= 0.3 is 0 Å². The molecule has 0 aliphatic rings. The van der Waals surface area contributed by atoms with Crippen molar-refractivity contribution >= 4 is 43.4 Å². The van der Waals surface area contributed by atoms with Gasteiger partial charge in [-0.25, -0.2) is 0 Å². The van der Waals surface area contributed by atoms with Gasteiger partial charge in [0.2, 0.25) is 0 Å². The van der Waals surface area contributed by atoms with Crippen molar-refractivity contribution in [2.24, 2.45) is 5.41 Å². The van der Waals surface area contributed by atoms with Crippen LogP contribution in [-0.2, 0) is 26.5 Å². The van der Waals surface area contributed by atoms with Crippen LogP contribution in [0.5, 0.6) is 0 Å². The van der Waals surface area contributed by atoms with E-state index in [1.807, 2.05) is 43.6 Å². The molecule has 0 aliphatic heterocycles. The summed E-state index contributed by atoms with van der Waals surface area (Å²) in [6, 6.07) is 31.6. The van der Waals surface area contributed by atoms with Crippen molar-refractivity contribution in [3.8, 4) is 22.5 Å². The minimum Gasteiger partial charge on any atom is -0.500 e. The normalized spacial score (nSPS) is 11.4. The average molecular weight is 745 g/mol. The molecular formula is C37H32IrN2OS-2. The van der Waals surface area contributed by atoms with Crippen LogP contribution in [0.3, 0.4) is 0 Å². The third-order valence-electron chi connectivity index (χ3n) is 7.00. The maximum absolute atomic E-state index is 6.39. The Bertz CT molecular complexity index is 1920. The number of aryl methyl sites for hydroxylation is 2. The molecule has 0 fully saturated rings. The molecule has 0 atom stereocenters. The Morgan fingerprint density at radius 3 is 2.33 bits per heavy atom. The van der Waals surface area contributed by atoms with E-state index in [0.717, 1.165) is 50.9 Å². The minimum atomic E-state index is 0. The van der Waals surface area contributed by atoms with Crippen LogP contribution in [0.15, 0.2) is 95.0 Å². The summed E-state index contributed by atoms with van der Waals surface area (Å²) < 4.78 is 7.63. The molecule has 7 rings (SSSR count). The number of nitrogens with zero attached hydrogens (tertiary/aromatic N) is 2. The zero-order valence-electron chi connectivity index (χ0n) is 24.4. The zero-order chi connectivity index (χ0) is 28.6. The van der Waals surface area contributed by atoms with E-state index >= 15 is 0 Å². The Kier molecular flexibility index (Phi) is 8.75. The molecule has 7 aromatic rings. The van der Waals surface area contributed by atoms with E-state index in [9.17, 15) is 0 Å². The number of hydrogen-bond acceptors (Lipinski definition) is 4. The fourth-order valence-corrected chi connectivity index (χ4v) is 5.84. The second-order valence-electron chi connectivity index (χ2n) is 11.8. The molecule has 0 unspecified atom stereocenters. The van der Waals surface area contributed by atoms with E-state index in [1.165, 1.54) is 26.8 Å². The SMILES string of the molecule is CC(C)(C)Cc1ccnc(-c2[c-]ccc3c2oc2c4ccsc4ccc32)c1.Cc1c[c-]c(-c2ccc(C)cn2)cc1.[Ir]. The number of thiophene rings is 1. The van der Waals surface area contributed by atoms with Gasteiger partial charge in [0.15, 0.2) is 0 Å². The first kappa shape index (κ1) is 29.8. The largest absolute Gasteiger partial charge is 0.500 e. The van der Waals surface area contributed by atoms with Crippen molar-refractivity contribution in [2.75, 3.05) is 0 Å². The van der Waals surface area contributed by atoms with E-state index in [4.69, 9.17) is 4.42 Å². The van der Waals surface area contributed by atoms with Crippen LogP contribution in [0.2, 0.25) is 0 Å². The number of hydrogen-bond donors (Lipinski definition) is 0. The first-order valence-electron chi connectivity index (χ1n) is 13.8. The summed E-state index contributed by atoms with van der Waals surface area (Å²) in [6.07, 6.45) is 4.78. The molecule has 0 amide bonds. The van der Waals surface area contributed by atoms with E-state index in [0.29, 0.717) is 0 Å². The third kappa shape index (κ3) is 6.39. The summed E-state index contributed by atoms with van der Waals surface area (Å²) in [7, 11) is 0. The van der Waals surface area contributed by atoms with Gasteiger partial charge in [-0.15, -0.1) is 64.9 Å². The first-order chi connectivity index (χ1) is 19.7. The maximum atomic E-state index is 6.39. The Morgan fingerprint density at radius 1 is 0.786 bits per heavy atom. The van der Waals surface area contributed by atoms with Gasteiger partial charge in [0, 0.05) is 48.0 Å². The number of benzene rings is 3. The molecule has 0 spiro atoms. The summed E-state index contributed by atoms with van der Waals surface area (Å²) in [4.78, 5) is 8.97. The molecule has 0 saturated carbocycles. The van der Waals surface area contributed by atoms with Crippen molar-refractivity contribution in [2.45, 2.75) is 41.0 Å². The second kappa shape index (κ2) is 12.3. The van der Waals surface area contributed by atoms with E-state index in [2.05, 4.69) is 104 Å². The third-order valence-corrected chi connectivity index (χ3v) is 7.88. The van der Waals surface area contributed by atoms with Crippen LogP contribution in [0.25, 0.3) is 54.5 Å². The minimum absolute atomic E-state index is 0. The Hall–Kier alpha value is -3.63. The fraction of sp³-hybridized carbons (Fsp3) is 0.189. The average Bonchev–Trinajstić information content (AvgIpc) is 3.58. The molecule has 0 saturated heterocycles. The molecule has 3 nitrogen and oxygen atoms in total. The van der Waals surface area contributed by atoms with Gasteiger partial charge in [-0.3, -0.25) is 0 Å². The van der Waals surface area contributed by atoms with Gasteiger partial charge in [0.05, 0.1) is 5.58 Å². The summed E-state index contributed by atoms with van der Waals surface area (Å²) in [5.74, 6) is 0. The molecule has 3 aromatic carbocycles. The van der Waals surface area contributed by atoms with Gasteiger partial charge in [0.25, 0.3) is 0 Å². The van der Waals surface area contributed by atoms with Crippen molar-refractivity contribution in [3.63, 3.8) is 0 Å². The molecule has 0 N–H and O–H groups in total. The first-order valence-corrected chi connectivity index (χ1v) is 14.7. The van der Waals surface area contributed by atoms with Crippen LogP contribution < -0.4 is 0 Å². The zero-order valence-corrected chi connectivity index (χ0v) is 27.6. The molecule has 4 heterocycles. The fourth-order valence-electron chi connectivity index (χ4n) is 5.06. The summed E-state index contributed by atoms with van der Waals surface area (Å²) in [6.45, 7) is 10.9. The van der Waals surface area contributed by atoms with Crippen LogP contribution >= 0.6 is 11.3 Å². The topological polar surface area (TPSA) is 38.9 Å². The van der Waals surface area contributed by atoms with Crippen LogP contribution in [0.4, 0.5) is 0 Å². The summed E-state index contributed by atoms with van der Waals surface area (Å²) in [5, 5.41) is 5.56. The number of rotatable bonds is 3. The molecule has 213 valence electrons. The van der Waals surface area contributed by atoms with Gasteiger partial charge in [-0.1, -0.05) is 68.5 Å². The predicted octanol–water partition coefficient (Wildman–Crippen LogP) is 10.4. The number of pyridine rings is 2. The van der Waals surface area contributed by atoms with Gasteiger partial charge < -0.3 is 14.4 Å². The van der Waals surface area contributed by atoms with Crippen molar-refractivity contribution in [1.82, 2.24) is 9.97 Å². The van der Waals surface area contributed by atoms with Crippen molar-refractivity contribution < 1.29 is 24.5 Å². The van der Waals surface area contributed by atoms with E-state index in [-0.39, 0.29) is 25.5 Å². The predicted molar refractivity (Wildman–Crippen MR) is 172 cm³/mol. The molecule has 4 aromatic heterocycles. The molecule has 42 heavy (non-hydrogen) atoms. The number of aromatic nitrogens is 2. The maximum Gasteiger partial charge on any atom is 0.129 e. The van der Waals surface area contributed by atoms with Gasteiger partial charge in [-0.2, -0.15) is 0 Å². The van der Waals surface area contributed by atoms with Gasteiger partial charge in [0.1, 0.15) is 5.58 Å². The molecule has 5 heteroatoms. The second-order valence-corrected chi connectivity index (χ2v) is 12.7. The Morgan fingerprint density at radius 2 is 1.60 bits per heavy atom. The quantitative estimate of drug-likeness (QED) is 0.169. The van der Waals surface area contributed by atoms with Crippen LogP contribution in [-0.4, -0.2) is 9.97 Å². The molecule has 1 radical (unpaired) electrons. The smallest absolute Gasteiger partial charge is 0.129 e. The molecule has 0 bridgehead atoms. The van der Waals surface area contributed by atoms with E-state index in [1.54, 1.807) is 11.3 Å². The standard InChI is InChI=1S/C24H20NOS.C13H12N.Ir/c1-24(2,3)14-15-9-11-25-20(13-15)18-6-4-5-16-17-7-8-21-19(10-12-27-21)23(17)26-22(16)18;1-10-3-6-12(7-4-10)13-8-5-11(2)9-14-13;/h4-5,7-13H,14H2,1-3H3;3-6,8-9H,1-2H3;/q2*-1;. The molecule has 0 aliphatic carbocycles. The Labute approximate surface area is 265 Å². The Balaban J connectivity index is 0.000000200. The van der Waals surface area contributed by atoms with Gasteiger partial charge in [-0.05, 0) is 59.3 Å².